The lowest BCUT2D eigenvalue weighted by molar-refractivity contribution is 0.300. The molecule has 1 aliphatic carbocycles. The Kier molecular flexibility index (Phi) is 2.53. The van der Waals surface area contributed by atoms with Gasteiger partial charge in [-0.05, 0) is 31.9 Å². The van der Waals surface area contributed by atoms with Gasteiger partial charge in [0.25, 0.3) is 0 Å². The first kappa shape index (κ1) is 8.12. The number of methoxy groups -OCH3 is 1. The van der Waals surface area contributed by atoms with E-state index in [1.165, 1.54) is 11.1 Å². The fourth-order valence-electron chi connectivity index (χ4n) is 1.12. The van der Waals surface area contributed by atoms with Gasteiger partial charge in [-0.1, -0.05) is 17.7 Å². The average Bonchev–Trinajstić information content (AvgIpc) is 2.13. The summed E-state index contributed by atoms with van der Waals surface area (Å²) in [6.45, 7) is 4.16. The van der Waals surface area contributed by atoms with Crippen molar-refractivity contribution in [1.82, 2.24) is 0 Å². The third kappa shape index (κ3) is 1.97. The fraction of sp³-hybridized carbons (Fsp3) is 0.400. The molecule has 0 aromatic rings. The highest BCUT2D eigenvalue weighted by Gasteiger charge is 2.01. The predicted molar refractivity (Wildman–Crippen MR) is 47.2 cm³/mol. The highest BCUT2D eigenvalue weighted by Crippen LogP contribution is 2.17. The van der Waals surface area contributed by atoms with Crippen molar-refractivity contribution in [2.24, 2.45) is 0 Å². The van der Waals surface area contributed by atoms with Crippen molar-refractivity contribution in [3.8, 4) is 0 Å². The van der Waals surface area contributed by atoms with Crippen molar-refractivity contribution in [2.45, 2.75) is 20.3 Å². The molecular formula is C10H14O. The molecule has 0 fully saturated rings. The van der Waals surface area contributed by atoms with Crippen molar-refractivity contribution in [3.05, 3.63) is 35.1 Å². The fourth-order valence-corrected chi connectivity index (χ4v) is 1.12. The van der Waals surface area contributed by atoms with Crippen LogP contribution in [0.2, 0.25) is 0 Å². The highest BCUT2D eigenvalue weighted by atomic mass is 16.5. The summed E-state index contributed by atoms with van der Waals surface area (Å²) in [7, 11) is 1.71. The van der Waals surface area contributed by atoms with E-state index in [9.17, 15) is 0 Å². The van der Waals surface area contributed by atoms with Gasteiger partial charge in [0.15, 0.2) is 0 Å². The van der Waals surface area contributed by atoms with Crippen molar-refractivity contribution in [1.29, 1.82) is 0 Å². The first-order valence-electron chi connectivity index (χ1n) is 3.83. The molecule has 1 rings (SSSR count). The molecule has 0 aromatic carbocycles. The van der Waals surface area contributed by atoms with Gasteiger partial charge in [-0.2, -0.15) is 0 Å². The summed E-state index contributed by atoms with van der Waals surface area (Å²) in [5.74, 6) is 0.983. The van der Waals surface area contributed by atoms with Crippen LogP contribution in [0, 0.1) is 0 Å². The molecule has 1 aliphatic rings. The Hall–Kier alpha value is -0.980. The van der Waals surface area contributed by atoms with E-state index in [-0.39, 0.29) is 0 Å². The summed E-state index contributed by atoms with van der Waals surface area (Å²) in [4.78, 5) is 0. The summed E-state index contributed by atoms with van der Waals surface area (Å²) < 4.78 is 5.21. The molecule has 0 aromatic heterocycles. The standard InChI is InChI=1S/C10H14O/c1-8-5-4-6-9(2)10(7-8)11-3/h5-7H,4H2,1-3H3. The molecule has 0 bridgehead atoms. The first-order valence-corrected chi connectivity index (χ1v) is 3.83. The number of ether oxygens (including phenoxy) is 1. The molecule has 0 aliphatic heterocycles. The van der Waals surface area contributed by atoms with Crippen LogP contribution in [-0.2, 0) is 4.74 Å². The average molecular weight is 150 g/mol. The van der Waals surface area contributed by atoms with Crippen molar-refractivity contribution < 1.29 is 4.74 Å². The van der Waals surface area contributed by atoms with Crippen molar-refractivity contribution in [2.75, 3.05) is 7.11 Å². The Morgan fingerprint density at radius 2 is 2.00 bits per heavy atom. The van der Waals surface area contributed by atoms with E-state index in [0.717, 1.165) is 12.2 Å². The van der Waals surface area contributed by atoms with Gasteiger partial charge >= 0.3 is 0 Å². The summed E-state index contributed by atoms with van der Waals surface area (Å²) in [5, 5.41) is 0. The van der Waals surface area contributed by atoms with Crippen LogP contribution < -0.4 is 0 Å². The maximum atomic E-state index is 5.21. The van der Waals surface area contributed by atoms with Crippen molar-refractivity contribution >= 4 is 0 Å². The first-order chi connectivity index (χ1) is 5.24. The smallest absolute Gasteiger partial charge is 0.121 e. The number of rotatable bonds is 1. The molecule has 1 heteroatoms. The Balaban J connectivity index is 2.92. The van der Waals surface area contributed by atoms with E-state index in [0.29, 0.717) is 0 Å². The minimum absolute atomic E-state index is 0.983. The Bertz CT molecular complexity index is 231. The quantitative estimate of drug-likeness (QED) is 0.558. The van der Waals surface area contributed by atoms with E-state index < -0.39 is 0 Å². The third-order valence-electron chi connectivity index (χ3n) is 1.83. The molecule has 0 spiro atoms. The molecule has 0 radical (unpaired) electrons. The van der Waals surface area contributed by atoms with Crippen LogP contribution in [0.3, 0.4) is 0 Å². The van der Waals surface area contributed by atoms with Crippen LogP contribution in [0.15, 0.2) is 35.1 Å². The predicted octanol–water partition coefficient (Wildman–Crippen LogP) is 2.81. The van der Waals surface area contributed by atoms with E-state index >= 15 is 0 Å². The van der Waals surface area contributed by atoms with Crippen LogP contribution >= 0.6 is 0 Å². The lowest BCUT2D eigenvalue weighted by Gasteiger charge is -2.04. The van der Waals surface area contributed by atoms with Crippen LogP contribution in [-0.4, -0.2) is 7.11 Å². The molecule has 0 N–H and O–H groups in total. The van der Waals surface area contributed by atoms with Gasteiger partial charge in [-0.15, -0.1) is 0 Å². The molecule has 60 valence electrons. The Labute approximate surface area is 68.1 Å². The molecular weight excluding hydrogens is 136 g/mol. The molecule has 11 heavy (non-hydrogen) atoms. The molecule has 0 saturated heterocycles. The summed E-state index contributed by atoms with van der Waals surface area (Å²) in [5.41, 5.74) is 2.50. The van der Waals surface area contributed by atoms with Gasteiger partial charge in [0.2, 0.25) is 0 Å². The van der Waals surface area contributed by atoms with Gasteiger partial charge in [0.05, 0.1) is 7.11 Å². The van der Waals surface area contributed by atoms with Gasteiger partial charge in [0, 0.05) is 0 Å². The monoisotopic (exact) mass is 150 g/mol. The number of allylic oxidation sites excluding steroid dienone is 5. The molecule has 1 nitrogen and oxygen atoms in total. The number of hydrogen-bond acceptors (Lipinski definition) is 1. The van der Waals surface area contributed by atoms with Crippen LogP contribution in [0.25, 0.3) is 0 Å². The summed E-state index contributed by atoms with van der Waals surface area (Å²) >= 11 is 0. The van der Waals surface area contributed by atoms with Crippen LogP contribution in [0.4, 0.5) is 0 Å². The zero-order valence-electron chi connectivity index (χ0n) is 7.35. The summed E-state index contributed by atoms with van der Waals surface area (Å²) in [6.07, 6.45) is 7.45. The molecule has 0 amide bonds. The Morgan fingerprint density at radius 3 is 2.64 bits per heavy atom. The minimum atomic E-state index is 0.983. The summed E-state index contributed by atoms with van der Waals surface area (Å²) in [6, 6.07) is 0. The second-order valence-electron chi connectivity index (χ2n) is 2.78. The van der Waals surface area contributed by atoms with E-state index in [2.05, 4.69) is 32.1 Å². The Morgan fingerprint density at radius 1 is 1.27 bits per heavy atom. The SMILES string of the molecule is COC1=CC(C)=CCC=C1C. The molecule has 0 saturated carbocycles. The van der Waals surface area contributed by atoms with E-state index in [1.54, 1.807) is 7.11 Å². The normalized spacial score (nSPS) is 17.9. The van der Waals surface area contributed by atoms with Gasteiger partial charge in [-0.25, -0.2) is 0 Å². The second kappa shape index (κ2) is 3.42. The highest BCUT2D eigenvalue weighted by molar-refractivity contribution is 5.34. The van der Waals surface area contributed by atoms with E-state index in [4.69, 9.17) is 4.74 Å². The van der Waals surface area contributed by atoms with Crippen LogP contribution in [0.1, 0.15) is 20.3 Å². The zero-order valence-corrected chi connectivity index (χ0v) is 7.35. The minimum Gasteiger partial charge on any atom is -0.496 e. The lowest BCUT2D eigenvalue weighted by Crippen LogP contribution is -1.87. The molecule has 0 unspecified atom stereocenters. The largest absolute Gasteiger partial charge is 0.496 e. The van der Waals surface area contributed by atoms with E-state index in [1.807, 2.05) is 0 Å². The number of hydrogen-bond donors (Lipinski definition) is 0. The maximum Gasteiger partial charge on any atom is 0.121 e. The molecule has 0 heterocycles. The topological polar surface area (TPSA) is 9.23 Å². The second-order valence-corrected chi connectivity index (χ2v) is 2.78. The van der Waals surface area contributed by atoms with Crippen molar-refractivity contribution in [3.63, 3.8) is 0 Å². The zero-order chi connectivity index (χ0) is 8.27. The van der Waals surface area contributed by atoms with Gasteiger partial charge < -0.3 is 4.74 Å². The third-order valence-corrected chi connectivity index (χ3v) is 1.83. The lowest BCUT2D eigenvalue weighted by atomic mass is 10.2. The maximum absolute atomic E-state index is 5.21. The van der Waals surface area contributed by atoms with Crippen LogP contribution in [0.5, 0.6) is 0 Å². The van der Waals surface area contributed by atoms with Gasteiger partial charge in [-0.3, -0.25) is 0 Å². The molecule has 0 atom stereocenters. The van der Waals surface area contributed by atoms with Gasteiger partial charge in [0.1, 0.15) is 5.76 Å².